The Labute approximate surface area is 202 Å². The van der Waals surface area contributed by atoms with Gasteiger partial charge in [0.05, 0.1) is 24.9 Å². The summed E-state index contributed by atoms with van der Waals surface area (Å²) >= 11 is 0. The largest absolute Gasteiger partial charge is 0.497 e. The van der Waals surface area contributed by atoms with Crippen molar-refractivity contribution in [1.29, 1.82) is 0 Å². The molecule has 0 spiro atoms. The molecule has 0 unspecified atom stereocenters. The number of piperidine rings is 1. The normalized spacial score (nSPS) is 15.5. The van der Waals surface area contributed by atoms with Crippen molar-refractivity contribution in [3.63, 3.8) is 0 Å². The Kier molecular flexibility index (Phi) is 6.48. The molecule has 0 bridgehead atoms. The number of carbonyl (C=O) groups is 1. The van der Waals surface area contributed by atoms with Gasteiger partial charge in [-0.2, -0.15) is 4.98 Å². The van der Waals surface area contributed by atoms with E-state index in [-0.39, 0.29) is 24.1 Å². The minimum atomic E-state index is -1.00. The first kappa shape index (κ1) is 23.0. The van der Waals surface area contributed by atoms with Gasteiger partial charge in [-0.3, -0.25) is 4.79 Å². The summed E-state index contributed by atoms with van der Waals surface area (Å²) in [5, 5.41) is 0. The van der Waals surface area contributed by atoms with Gasteiger partial charge >= 0.3 is 0 Å². The molecule has 0 saturated carbocycles. The van der Waals surface area contributed by atoms with Gasteiger partial charge in [0.2, 0.25) is 11.8 Å². The van der Waals surface area contributed by atoms with E-state index in [4.69, 9.17) is 14.5 Å². The van der Waals surface area contributed by atoms with Gasteiger partial charge in [-0.15, -0.1) is 0 Å². The molecule has 9 heteroatoms. The number of fused-ring (bicyclic) bond motifs is 1. The van der Waals surface area contributed by atoms with Crippen LogP contribution in [-0.4, -0.2) is 47.5 Å². The number of nitrogens with zero attached hydrogens (tertiary/aromatic N) is 4. The zero-order chi connectivity index (χ0) is 24.4. The molecule has 2 aromatic carbocycles. The third-order valence-corrected chi connectivity index (χ3v) is 6.38. The monoisotopic (exact) mass is 480 g/mol. The number of amides is 1. The number of hydrogen-bond donors (Lipinski definition) is 0. The minimum Gasteiger partial charge on any atom is -0.497 e. The van der Waals surface area contributed by atoms with Crippen molar-refractivity contribution in [2.75, 3.05) is 31.6 Å². The number of methoxy groups -OCH3 is 1. The molecule has 0 radical (unpaired) electrons. The molecule has 1 aromatic heterocycles. The maximum Gasteiger partial charge on any atom is 0.254 e. The van der Waals surface area contributed by atoms with Crippen LogP contribution in [-0.2, 0) is 13.0 Å². The lowest BCUT2D eigenvalue weighted by Gasteiger charge is -2.32. The standard InChI is InChI=1S/C26H26F2N4O3/c1-34-18-7-5-17(6-8-18)25(33)32-14-11-23-20(16-32)24(35-19-9-10-21(27)22(28)15-19)30-26(29-23)31-12-3-2-4-13-31/h5-10,15H,2-4,11-14,16H2,1H3. The van der Waals surface area contributed by atoms with Crippen LogP contribution in [0.5, 0.6) is 17.4 Å². The van der Waals surface area contributed by atoms with Crippen LogP contribution in [0.2, 0.25) is 0 Å². The van der Waals surface area contributed by atoms with Gasteiger partial charge in [-0.05, 0) is 55.7 Å². The van der Waals surface area contributed by atoms with Gasteiger partial charge in [0, 0.05) is 37.7 Å². The van der Waals surface area contributed by atoms with E-state index in [2.05, 4.69) is 9.88 Å². The number of carbonyl (C=O) groups excluding carboxylic acids is 1. The van der Waals surface area contributed by atoms with Crippen LogP contribution in [0.25, 0.3) is 0 Å². The van der Waals surface area contributed by atoms with E-state index in [0.717, 1.165) is 43.8 Å². The first-order chi connectivity index (χ1) is 17.0. The zero-order valence-corrected chi connectivity index (χ0v) is 19.5. The van der Waals surface area contributed by atoms with E-state index in [1.54, 1.807) is 36.3 Å². The fraction of sp³-hybridized carbons (Fsp3) is 0.346. The molecule has 3 aromatic rings. The number of anilines is 1. The highest BCUT2D eigenvalue weighted by Crippen LogP contribution is 2.33. The highest BCUT2D eigenvalue weighted by Gasteiger charge is 2.29. The fourth-order valence-electron chi connectivity index (χ4n) is 4.43. The molecule has 1 saturated heterocycles. The van der Waals surface area contributed by atoms with Gasteiger partial charge in [0.25, 0.3) is 5.91 Å². The summed E-state index contributed by atoms with van der Waals surface area (Å²) in [6, 6.07) is 10.3. The predicted octanol–water partition coefficient (Wildman–Crippen LogP) is 4.74. The number of halogens is 2. The van der Waals surface area contributed by atoms with Gasteiger partial charge in [-0.1, -0.05) is 0 Å². The summed E-state index contributed by atoms with van der Waals surface area (Å²) in [6.07, 6.45) is 3.82. The summed E-state index contributed by atoms with van der Waals surface area (Å²) in [7, 11) is 1.57. The summed E-state index contributed by atoms with van der Waals surface area (Å²) < 4.78 is 38.4. The predicted molar refractivity (Wildman–Crippen MR) is 126 cm³/mol. The number of aromatic nitrogens is 2. The average Bonchev–Trinajstić information content (AvgIpc) is 2.90. The molecule has 182 valence electrons. The van der Waals surface area contributed by atoms with Crippen LogP contribution in [0.4, 0.5) is 14.7 Å². The molecular formula is C26H26F2N4O3. The topological polar surface area (TPSA) is 67.8 Å². The van der Waals surface area contributed by atoms with Gasteiger partial charge < -0.3 is 19.3 Å². The molecule has 35 heavy (non-hydrogen) atoms. The number of benzene rings is 2. The number of hydrogen-bond acceptors (Lipinski definition) is 6. The van der Waals surface area contributed by atoms with E-state index in [0.29, 0.717) is 35.8 Å². The van der Waals surface area contributed by atoms with Crippen molar-refractivity contribution in [3.05, 3.63) is 70.9 Å². The highest BCUT2D eigenvalue weighted by atomic mass is 19.2. The molecule has 0 N–H and O–H groups in total. The lowest BCUT2D eigenvalue weighted by Crippen LogP contribution is -2.37. The molecule has 3 heterocycles. The molecule has 2 aliphatic heterocycles. The Morgan fingerprint density at radius 2 is 1.66 bits per heavy atom. The van der Waals surface area contributed by atoms with Crippen LogP contribution >= 0.6 is 0 Å². The van der Waals surface area contributed by atoms with Crippen LogP contribution < -0.4 is 14.4 Å². The van der Waals surface area contributed by atoms with Crippen molar-refractivity contribution in [1.82, 2.24) is 14.9 Å². The van der Waals surface area contributed by atoms with Crippen molar-refractivity contribution >= 4 is 11.9 Å². The Bertz CT molecular complexity index is 1230. The minimum absolute atomic E-state index is 0.128. The maximum absolute atomic E-state index is 13.8. The number of rotatable bonds is 5. The second-order valence-corrected chi connectivity index (χ2v) is 8.68. The van der Waals surface area contributed by atoms with Crippen molar-refractivity contribution in [2.24, 2.45) is 0 Å². The fourth-order valence-corrected chi connectivity index (χ4v) is 4.43. The van der Waals surface area contributed by atoms with Crippen molar-refractivity contribution in [3.8, 4) is 17.4 Å². The average molecular weight is 481 g/mol. The Hall–Kier alpha value is -3.75. The van der Waals surface area contributed by atoms with E-state index in [1.165, 1.54) is 12.5 Å². The molecular weight excluding hydrogens is 454 g/mol. The van der Waals surface area contributed by atoms with Gasteiger partial charge in [0.15, 0.2) is 11.6 Å². The van der Waals surface area contributed by atoms with E-state index >= 15 is 0 Å². The van der Waals surface area contributed by atoms with Crippen LogP contribution in [0, 0.1) is 11.6 Å². The molecule has 7 nitrogen and oxygen atoms in total. The van der Waals surface area contributed by atoms with Crippen LogP contribution in [0.15, 0.2) is 42.5 Å². The molecule has 2 aliphatic rings. The Morgan fingerprint density at radius 1 is 0.914 bits per heavy atom. The third-order valence-electron chi connectivity index (χ3n) is 6.38. The summed E-state index contributed by atoms with van der Waals surface area (Å²) in [4.78, 5) is 26.5. The second kappa shape index (κ2) is 9.85. The summed E-state index contributed by atoms with van der Waals surface area (Å²) in [5.41, 5.74) is 2.02. The van der Waals surface area contributed by atoms with Crippen molar-refractivity contribution < 1.29 is 23.0 Å². The smallest absolute Gasteiger partial charge is 0.254 e. The second-order valence-electron chi connectivity index (χ2n) is 8.68. The van der Waals surface area contributed by atoms with E-state index < -0.39 is 11.6 Å². The first-order valence-electron chi connectivity index (χ1n) is 11.7. The maximum atomic E-state index is 13.8. The SMILES string of the molecule is COc1ccc(C(=O)N2CCc3nc(N4CCCCC4)nc(Oc4ccc(F)c(F)c4)c3C2)cc1. The zero-order valence-electron chi connectivity index (χ0n) is 19.5. The van der Waals surface area contributed by atoms with Crippen LogP contribution in [0.1, 0.15) is 40.9 Å². The van der Waals surface area contributed by atoms with E-state index in [1.807, 2.05) is 0 Å². The molecule has 0 atom stereocenters. The van der Waals surface area contributed by atoms with Crippen LogP contribution in [0.3, 0.4) is 0 Å². The van der Waals surface area contributed by atoms with Gasteiger partial charge in [-0.25, -0.2) is 13.8 Å². The first-order valence-corrected chi connectivity index (χ1v) is 11.7. The molecule has 5 rings (SSSR count). The summed E-state index contributed by atoms with van der Waals surface area (Å²) in [5.74, 6) is -0.452. The lowest BCUT2D eigenvalue weighted by atomic mass is 10.0. The molecule has 0 aliphatic carbocycles. The number of ether oxygens (including phenoxy) is 2. The third kappa shape index (κ3) is 4.89. The quantitative estimate of drug-likeness (QED) is 0.525. The highest BCUT2D eigenvalue weighted by molar-refractivity contribution is 5.94. The van der Waals surface area contributed by atoms with Gasteiger partial charge in [0.1, 0.15) is 11.5 Å². The Balaban J connectivity index is 1.47. The molecule has 1 fully saturated rings. The van der Waals surface area contributed by atoms with Crippen molar-refractivity contribution in [2.45, 2.75) is 32.2 Å². The Morgan fingerprint density at radius 3 is 2.37 bits per heavy atom. The molecule has 1 amide bonds. The summed E-state index contributed by atoms with van der Waals surface area (Å²) in [6.45, 7) is 2.45. The lowest BCUT2D eigenvalue weighted by molar-refractivity contribution is 0.0732. The van der Waals surface area contributed by atoms with E-state index in [9.17, 15) is 13.6 Å².